The van der Waals surface area contributed by atoms with Crippen LogP contribution in [0.5, 0.6) is 0 Å². The van der Waals surface area contributed by atoms with Crippen LogP contribution in [-0.2, 0) is 11.1 Å². The molecule has 2 rings (SSSR count). The topological polar surface area (TPSA) is 3.24 Å². The Morgan fingerprint density at radius 1 is 1.23 bits per heavy atom. The normalized spacial score (nSPS) is 22.3. The predicted molar refractivity (Wildman–Crippen MR) is 61.3 cm³/mol. The van der Waals surface area contributed by atoms with Crippen molar-refractivity contribution < 1.29 is 0 Å². The van der Waals surface area contributed by atoms with Crippen LogP contribution in [0, 0.1) is 6.92 Å². The van der Waals surface area contributed by atoms with Gasteiger partial charge >= 0.3 is 0 Å². The van der Waals surface area contributed by atoms with E-state index in [0.717, 1.165) is 0 Å². The van der Waals surface area contributed by atoms with Gasteiger partial charge in [0.15, 0.2) is 0 Å². The van der Waals surface area contributed by atoms with Crippen molar-refractivity contribution in [3.05, 3.63) is 29.8 Å². The number of nitrogens with zero attached hydrogens (tertiary/aromatic N) is 1. The second kappa shape index (κ2) is 3.62. The standard InChI is InChI=1S/C11H16NS/c1-10-4-6-11(7-5-10)12-8-3-9-13(12)2/h4-7H,3,8-9H2,1-2H3/q+1. The van der Waals surface area contributed by atoms with Gasteiger partial charge in [0.2, 0.25) is 0 Å². The first-order chi connectivity index (χ1) is 6.27. The lowest BCUT2D eigenvalue weighted by Gasteiger charge is -2.13. The molecule has 1 fully saturated rings. The van der Waals surface area contributed by atoms with Gasteiger partial charge in [-0.05, 0) is 19.1 Å². The summed E-state index contributed by atoms with van der Waals surface area (Å²) in [6.07, 6.45) is 3.69. The van der Waals surface area contributed by atoms with E-state index in [1.54, 1.807) is 0 Å². The minimum atomic E-state index is 0.465. The summed E-state index contributed by atoms with van der Waals surface area (Å²) in [7, 11) is 0. The average molecular weight is 194 g/mol. The van der Waals surface area contributed by atoms with Crippen LogP contribution in [0.3, 0.4) is 0 Å². The number of hydrogen-bond acceptors (Lipinski definition) is 1. The molecule has 1 aliphatic heterocycles. The molecule has 0 saturated carbocycles. The van der Waals surface area contributed by atoms with E-state index in [2.05, 4.69) is 41.8 Å². The van der Waals surface area contributed by atoms with E-state index in [9.17, 15) is 0 Å². The monoisotopic (exact) mass is 194 g/mol. The average Bonchev–Trinajstić information content (AvgIpc) is 2.53. The molecule has 0 bridgehead atoms. The Balaban J connectivity index is 2.20. The van der Waals surface area contributed by atoms with Gasteiger partial charge in [-0.3, -0.25) is 0 Å². The van der Waals surface area contributed by atoms with E-state index in [1.807, 2.05) is 0 Å². The van der Waals surface area contributed by atoms with E-state index in [-0.39, 0.29) is 0 Å². The highest BCUT2D eigenvalue weighted by Gasteiger charge is 2.29. The molecule has 13 heavy (non-hydrogen) atoms. The molecule has 1 heterocycles. The fourth-order valence-corrected chi connectivity index (χ4v) is 3.39. The molecule has 1 nitrogen and oxygen atoms in total. The number of rotatable bonds is 1. The third-order valence-electron chi connectivity index (χ3n) is 2.50. The van der Waals surface area contributed by atoms with Crippen molar-refractivity contribution in [1.29, 1.82) is 0 Å². The molecule has 1 aromatic carbocycles. The number of aryl methyl sites for hydroxylation is 1. The van der Waals surface area contributed by atoms with Gasteiger partial charge in [0.05, 0.1) is 23.3 Å². The van der Waals surface area contributed by atoms with Gasteiger partial charge < -0.3 is 0 Å². The van der Waals surface area contributed by atoms with Crippen molar-refractivity contribution in [3.63, 3.8) is 0 Å². The predicted octanol–water partition coefficient (Wildman–Crippen LogP) is 2.37. The first kappa shape index (κ1) is 8.95. The molecule has 70 valence electrons. The molecule has 1 saturated heterocycles. The Kier molecular flexibility index (Phi) is 2.49. The lowest BCUT2D eigenvalue weighted by Crippen LogP contribution is -2.24. The first-order valence-electron chi connectivity index (χ1n) is 4.74. The molecule has 2 heteroatoms. The summed E-state index contributed by atoms with van der Waals surface area (Å²) in [6, 6.07) is 8.88. The van der Waals surface area contributed by atoms with Gasteiger partial charge in [0.1, 0.15) is 12.0 Å². The Morgan fingerprint density at radius 2 is 1.92 bits per heavy atom. The molecule has 0 spiro atoms. The Bertz CT molecular complexity index is 281. The van der Waals surface area contributed by atoms with Crippen molar-refractivity contribution in [2.75, 3.05) is 22.9 Å². The summed E-state index contributed by atoms with van der Waals surface area (Å²) >= 11 is 0.465. The van der Waals surface area contributed by atoms with Crippen LogP contribution >= 0.6 is 0 Å². The maximum Gasteiger partial charge on any atom is 0.134 e. The lowest BCUT2D eigenvalue weighted by molar-refractivity contribution is 0.989. The van der Waals surface area contributed by atoms with Gasteiger partial charge in [0, 0.05) is 6.42 Å². The maximum absolute atomic E-state index is 2.53. The number of hydrogen-bond donors (Lipinski definition) is 0. The summed E-state index contributed by atoms with van der Waals surface area (Å²) in [5.41, 5.74) is 2.74. The Labute approximate surface area is 83.2 Å². The smallest absolute Gasteiger partial charge is 0.134 e. The van der Waals surface area contributed by atoms with E-state index in [1.165, 1.54) is 30.0 Å². The van der Waals surface area contributed by atoms with Crippen molar-refractivity contribution in [2.45, 2.75) is 13.3 Å². The minimum Gasteiger partial charge on any atom is -0.195 e. The van der Waals surface area contributed by atoms with E-state index >= 15 is 0 Å². The highest BCUT2D eigenvalue weighted by Crippen LogP contribution is 2.23. The zero-order chi connectivity index (χ0) is 9.26. The zero-order valence-electron chi connectivity index (χ0n) is 8.29. The summed E-state index contributed by atoms with van der Waals surface area (Å²) in [6.45, 7) is 3.38. The van der Waals surface area contributed by atoms with Crippen LogP contribution in [0.25, 0.3) is 0 Å². The van der Waals surface area contributed by atoms with Crippen molar-refractivity contribution in [2.24, 2.45) is 0 Å². The van der Waals surface area contributed by atoms with Gasteiger partial charge in [-0.1, -0.05) is 17.7 Å². The second-order valence-corrected chi connectivity index (χ2v) is 5.65. The fraction of sp³-hybridized carbons (Fsp3) is 0.455. The molecule has 1 unspecified atom stereocenters. The van der Waals surface area contributed by atoms with Crippen LogP contribution in [0.2, 0.25) is 0 Å². The molecule has 0 aliphatic carbocycles. The van der Waals surface area contributed by atoms with Crippen LogP contribution < -0.4 is 4.31 Å². The third kappa shape index (κ3) is 1.83. The third-order valence-corrected chi connectivity index (χ3v) is 4.52. The van der Waals surface area contributed by atoms with Crippen LogP contribution in [-0.4, -0.2) is 18.6 Å². The molecule has 1 aromatic rings. The summed E-state index contributed by atoms with van der Waals surface area (Å²) in [5, 5.41) is 0. The van der Waals surface area contributed by atoms with Crippen molar-refractivity contribution in [1.82, 2.24) is 0 Å². The summed E-state index contributed by atoms with van der Waals surface area (Å²) in [5.74, 6) is 1.37. The van der Waals surface area contributed by atoms with E-state index < -0.39 is 0 Å². The molecule has 1 aliphatic rings. The molecular formula is C11H16NS+. The largest absolute Gasteiger partial charge is 0.195 e. The number of benzene rings is 1. The van der Waals surface area contributed by atoms with Gasteiger partial charge in [0.25, 0.3) is 0 Å². The van der Waals surface area contributed by atoms with E-state index in [0.29, 0.717) is 11.1 Å². The molecule has 0 N–H and O–H groups in total. The van der Waals surface area contributed by atoms with Gasteiger partial charge in [-0.25, -0.2) is 0 Å². The number of anilines is 1. The molecule has 1 atom stereocenters. The SMILES string of the molecule is Cc1ccc(N2CCC[S+]2C)cc1. The van der Waals surface area contributed by atoms with E-state index in [4.69, 9.17) is 0 Å². The summed E-state index contributed by atoms with van der Waals surface area (Å²) < 4.78 is 2.53. The summed E-state index contributed by atoms with van der Waals surface area (Å²) in [4.78, 5) is 0. The Morgan fingerprint density at radius 3 is 2.46 bits per heavy atom. The van der Waals surface area contributed by atoms with Crippen LogP contribution in [0.15, 0.2) is 24.3 Å². The van der Waals surface area contributed by atoms with Crippen molar-refractivity contribution in [3.8, 4) is 0 Å². The molecule has 0 aromatic heterocycles. The fourth-order valence-electron chi connectivity index (χ4n) is 1.70. The van der Waals surface area contributed by atoms with Gasteiger partial charge in [-0.15, -0.1) is 0 Å². The highest BCUT2D eigenvalue weighted by molar-refractivity contribution is 7.97. The Hall–Kier alpha value is -0.630. The van der Waals surface area contributed by atoms with Crippen LogP contribution in [0.1, 0.15) is 12.0 Å². The quantitative estimate of drug-likeness (QED) is 0.620. The van der Waals surface area contributed by atoms with Crippen LogP contribution in [0.4, 0.5) is 5.69 Å². The molecule has 0 radical (unpaired) electrons. The molecular weight excluding hydrogens is 178 g/mol. The highest BCUT2D eigenvalue weighted by atomic mass is 32.2. The lowest BCUT2D eigenvalue weighted by atomic mass is 10.2. The van der Waals surface area contributed by atoms with Crippen molar-refractivity contribution >= 4 is 16.8 Å². The maximum atomic E-state index is 2.53. The minimum absolute atomic E-state index is 0.465. The molecule has 0 amide bonds. The zero-order valence-corrected chi connectivity index (χ0v) is 9.10. The second-order valence-electron chi connectivity index (χ2n) is 3.60. The van der Waals surface area contributed by atoms with Gasteiger partial charge in [-0.2, -0.15) is 4.31 Å². The first-order valence-corrected chi connectivity index (χ1v) is 6.50.